The fourth-order valence-electron chi connectivity index (χ4n) is 5.56. The van der Waals surface area contributed by atoms with Crippen molar-refractivity contribution in [2.75, 3.05) is 7.11 Å². The highest BCUT2D eigenvalue weighted by atomic mass is 19.1. The van der Waals surface area contributed by atoms with E-state index < -0.39 is 17.6 Å². The number of carbonyl (C=O) groups is 1. The number of rotatable bonds is 3. The third-order valence-corrected chi connectivity index (χ3v) is 7.20. The normalized spacial score (nSPS) is 27.4. The maximum absolute atomic E-state index is 14.8. The maximum atomic E-state index is 14.8. The van der Waals surface area contributed by atoms with E-state index in [0.717, 1.165) is 36.2 Å². The monoisotopic (exact) mass is 386 g/mol. The highest BCUT2D eigenvalue weighted by Crippen LogP contribution is 2.48. The summed E-state index contributed by atoms with van der Waals surface area (Å²) in [6, 6.07) is 6.39. The Labute approximate surface area is 165 Å². The molecule has 2 aromatic rings. The molecular formula is C24H28F2O2. The van der Waals surface area contributed by atoms with Crippen LogP contribution in [-0.2, 0) is 4.74 Å². The van der Waals surface area contributed by atoms with Gasteiger partial charge in [0, 0.05) is 0 Å². The summed E-state index contributed by atoms with van der Waals surface area (Å²) in [6.45, 7) is 2.29. The SMILES string of the molecule is CCC1CC[C@@H]2CC(c3cc(F)c4c(F)c(C(=O)OC)ccc4c3)CC[C@H]2C1. The van der Waals surface area contributed by atoms with Crippen LogP contribution in [0.3, 0.4) is 0 Å². The third-order valence-electron chi connectivity index (χ3n) is 7.20. The van der Waals surface area contributed by atoms with Gasteiger partial charge in [-0.15, -0.1) is 0 Å². The number of carbonyl (C=O) groups excluding carboxylic acids is 1. The minimum atomic E-state index is -0.838. The lowest BCUT2D eigenvalue weighted by Gasteiger charge is -2.42. The van der Waals surface area contributed by atoms with Gasteiger partial charge in [-0.25, -0.2) is 13.6 Å². The van der Waals surface area contributed by atoms with Gasteiger partial charge in [-0.05, 0) is 78.9 Å². The Morgan fingerprint density at radius 2 is 1.82 bits per heavy atom. The maximum Gasteiger partial charge on any atom is 0.340 e. The molecule has 0 spiro atoms. The predicted octanol–water partition coefficient (Wildman–Crippen LogP) is 6.61. The number of halogens is 2. The minimum absolute atomic E-state index is 0.121. The Hall–Kier alpha value is -1.97. The second-order valence-corrected chi connectivity index (χ2v) is 8.64. The van der Waals surface area contributed by atoms with Crippen molar-refractivity contribution >= 4 is 16.7 Å². The van der Waals surface area contributed by atoms with Crippen LogP contribution in [0.4, 0.5) is 8.78 Å². The van der Waals surface area contributed by atoms with E-state index >= 15 is 0 Å². The van der Waals surface area contributed by atoms with Gasteiger partial charge in [0.25, 0.3) is 0 Å². The van der Waals surface area contributed by atoms with Gasteiger partial charge in [-0.1, -0.05) is 31.9 Å². The zero-order valence-corrected chi connectivity index (χ0v) is 16.6. The molecule has 2 aromatic carbocycles. The van der Waals surface area contributed by atoms with Crippen molar-refractivity contribution in [3.05, 3.63) is 47.0 Å². The molecule has 0 saturated heterocycles. The van der Waals surface area contributed by atoms with Gasteiger partial charge in [0.1, 0.15) is 11.6 Å². The van der Waals surface area contributed by atoms with Crippen molar-refractivity contribution in [1.82, 2.24) is 0 Å². The molecule has 4 rings (SSSR count). The van der Waals surface area contributed by atoms with E-state index in [0.29, 0.717) is 11.3 Å². The van der Waals surface area contributed by atoms with Crippen molar-refractivity contribution < 1.29 is 18.3 Å². The second-order valence-electron chi connectivity index (χ2n) is 8.64. The fourth-order valence-corrected chi connectivity index (χ4v) is 5.56. The highest BCUT2D eigenvalue weighted by Gasteiger charge is 2.35. The highest BCUT2D eigenvalue weighted by molar-refractivity contribution is 5.96. The number of ether oxygens (including phenoxy) is 1. The summed E-state index contributed by atoms with van der Waals surface area (Å²) in [5, 5.41) is 0.390. The average Bonchev–Trinajstić information content (AvgIpc) is 2.72. The van der Waals surface area contributed by atoms with Gasteiger partial charge >= 0.3 is 5.97 Å². The second kappa shape index (κ2) is 7.81. The number of hydrogen-bond acceptors (Lipinski definition) is 2. The summed E-state index contributed by atoms with van der Waals surface area (Å²) < 4.78 is 34.1. The van der Waals surface area contributed by atoms with E-state index in [2.05, 4.69) is 11.7 Å². The van der Waals surface area contributed by atoms with Crippen molar-refractivity contribution in [1.29, 1.82) is 0 Å². The molecule has 2 saturated carbocycles. The molecular weight excluding hydrogens is 358 g/mol. The van der Waals surface area contributed by atoms with Crippen LogP contribution in [0.25, 0.3) is 10.8 Å². The summed E-state index contributed by atoms with van der Waals surface area (Å²) in [5.41, 5.74) is 0.737. The molecule has 0 aliphatic heterocycles. The molecule has 28 heavy (non-hydrogen) atoms. The van der Waals surface area contributed by atoms with Crippen molar-refractivity contribution in [3.8, 4) is 0 Å². The van der Waals surface area contributed by atoms with Crippen LogP contribution < -0.4 is 0 Å². The first kappa shape index (κ1) is 19.4. The number of benzene rings is 2. The minimum Gasteiger partial charge on any atom is -0.465 e. The number of methoxy groups -OCH3 is 1. The van der Waals surface area contributed by atoms with Gasteiger partial charge in [0.05, 0.1) is 18.1 Å². The van der Waals surface area contributed by atoms with Crippen LogP contribution in [0.2, 0.25) is 0 Å². The first-order valence-corrected chi connectivity index (χ1v) is 10.5. The zero-order chi connectivity index (χ0) is 19.8. The van der Waals surface area contributed by atoms with E-state index in [9.17, 15) is 13.6 Å². The molecule has 4 heteroatoms. The van der Waals surface area contributed by atoms with Crippen LogP contribution in [0.1, 0.15) is 73.7 Å². The molecule has 0 N–H and O–H groups in total. The quantitative estimate of drug-likeness (QED) is 0.555. The molecule has 2 nitrogen and oxygen atoms in total. The zero-order valence-electron chi connectivity index (χ0n) is 16.6. The first-order valence-electron chi connectivity index (χ1n) is 10.5. The summed E-state index contributed by atoms with van der Waals surface area (Å²) in [6.07, 6.45) is 8.62. The molecule has 2 unspecified atom stereocenters. The van der Waals surface area contributed by atoms with Crippen LogP contribution in [0.15, 0.2) is 24.3 Å². The van der Waals surface area contributed by atoms with Crippen LogP contribution in [-0.4, -0.2) is 13.1 Å². The standard InChI is InChI=1S/C24H28F2O2/c1-3-14-4-5-16-11-17(7-6-15(16)10-14)19-12-18-8-9-20(24(27)28-2)23(26)22(18)21(25)13-19/h8-9,12-17H,3-7,10-11H2,1-2H3/t14?,15-,16+,17?/m0/s1. The average molecular weight is 386 g/mol. The molecule has 4 atom stereocenters. The Morgan fingerprint density at radius 1 is 1.07 bits per heavy atom. The topological polar surface area (TPSA) is 26.3 Å². The Morgan fingerprint density at radius 3 is 2.57 bits per heavy atom. The van der Waals surface area contributed by atoms with E-state index in [4.69, 9.17) is 0 Å². The lowest BCUT2D eigenvalue weighted by atomic mass is 9.63. The molecule has 0 heterocycles. The summed E-state index contributed by atoms with van der Waals surface area (Å²) in [5.74, 6) is 0.551. The summed E-state index contributed by atoms with van der Waals surface area (Å²) in [7, 11) is 1.19. The fraction of sp³-hybridized carbons (Fsp3) is 0.542. The summed E-state index contributed by atoms with van der Waals surface area (Å²) in [4.78, 5) is 11.7. The predicted molar refractivity (Wildman–Crippen MR) is 106 cm³/mol. The van der Waals surface area contributed by atoms with Gasteiger partial charge in [0.2, 0.25) is 0 Å². The van der Waals surface area contributed by atoms with Crippen LogP contribution in [0, 0.1) is 29.4 Å². The molecule has 2 aliphatic rings. The number of fused-ring (bicyclic) bond motifs is 2. The molecule has 0 bridgehead atoms. The molecule has 0 radical (unpaired) electrons. The van der Waals surface area contributed by atoms with E-state index in [1.807, 2.05) is 6.07 Å². The lowest BCUT2D eigenvalue weighted by molar-refractivity contribution is 0.0596. The molecule has 2 aliphatic carbocycles. The van der Waals surface area contributed by atoms with Crippen molar-refractivity contribution in [2.45, 2.75) is 57.8 Å². The largest absolute Gasteiger partial charge is 0.465 e. The molecule has 150 valence electrons. The van der Waals surface area contributed by atoms with Crippen LogP contribution in [0.5, 0.6) is 0 Å². The van der Waals surface area contributed by atoms with Crippen molar-refractivity contribution in [3.63, 3.8) is 0 Å². The lowest BCUT2D eigenvalue weighted by Crippen LogP contribution is -2.30. The van der Waals surface area contributed by atoms with Gasteiger partial charge < -0.3 is 4.74 Å². The van der Waals surface area contributed by atoms with Crippen molar-refractivity contribution in [2.24, 2.45) is 17.8 Å². The van der Waals surface area contributed by atoms with E-state index in [-0.39, 0.29) is 10.9 Å². The Kier molecular flexibility index (Phi) is 5.39. The van der Waals surface area contributed by atoms with E-state index in [1.54, 1.807) is 6.07 Å². The van der Waals surface area contributed by atoms with Gasteiger partial charge in [-0.3, -0.25) is 0 Å². The van der Waals surface area contributed by atoms with Gasteiger partial charge in [0.15, 0.2) is 0 Å². The van der Waals surface area contributed by atoms with Crippen LogP contribution >= 0.6 is 0 Å². The smallest absolute Gasteiger partial charge is 0.340 e. The number of hydrogen-bond donors (Lipinski definition) is 0. The Balaban J connectivity index is 1.61. The Bertz CT molecular complexity index is 892. The molecule has 0 aromatic heterocycles. The summed E-state index contributed by atoms with van der Waals surface area (Å²) >= 11 is 0. The first-order chi connectivity index (χ1) is 13.5. The number of esters is 1. The molecule has 0 amide bonds. The molecule has 2 fully saturated rings. The third kappa shape index (κ3) is 3.42. The van der Waals surface area contributed by atoms with E-state index in [1.165, 1.54) is 51.3 Å². The van der Waals surface area contributed by atoms with Gasteiger partial charge in [-0.2, -0.15) is 0 Å².